The normalized spacial score (nSPS) is 13.8. The van der Waals surface area contributed by atoms with Crippen molar-refractivity contribution >= 4 is 51.1 Å². The fourth-order valence-electron chi connectivity index (χ4n) is 4.64. The van der Waals surface area contributed by atoms with Gasteiger partial charge in [-0.3, -0.25) is 19.0 Å². The number of amides is 2. The molecule has 8 nitrogen and oxygen atoms in total. The molecule has 39 heavy (non-hydrogen) atoms. The number of aromatic nitrogens is 1. The zero-order valence-electron chi connectivity index (χ0n) is 21.0. The minimum absolute atomic E-state index is 0.188. The molecule has 10 heteroatoms. The predicted molar refractivity (Wildman–Crippen MR) is 153 cm³/mol. The second-order valence-corrected chi connectivity index (χ2v) is 11.0. The van der Waals surface area contributed by atoms with E-state index in [2.05, 4.69) is 5.32 Å². The minimum Gasteiger partial charge on any atom is -0.497 e. The van der Waals surface area contributed by atoms with Crippen molar-refractivity contribution in [3.63, 3.8) is 0 Å². The number of benzene rings is 2. The van der Waals surface area contributed by atoms with Gasteiger partial charge >= 0.3 is 0 Å². The van der Waals surface area contributed by atoms with Crippen molar-refractivity contribution in [2.75, 3.05) is 12.4 Å². The van der Waals surface area contributed by atoms with Crippen molar-refractivity contribution in [3.05, 3.63) is 95.7 Å². The van der Waals surface area contributed by atoms with E-state index in [0.717, 1.165) is 53.0 Å². The highest BCUT2D eigenvalue weighted by atomic mass is 32.1. The molecule has 0 saturated heterocycles. The molecule has 0 unspecified atom stereocenters. The zero-order chi connectivity index (χ0) is 27.5. The van der Waals surface area contributed by atoms with Crippen molar-refractivity contribution in [2.24, 2.45) is 5.73 Å². The SMILES string of the molecule is COc1ccc(/C=c2/c(=O)s/c(=C(\C#N)C(=O)Nc3sc4c(c3C(N)=O)CCCC4)n2-c2ccccc2)cc1. The van der Waals surface area contributed by atoms with Crippen LogP contribution in [0.1, 0.15) is 39.2 Å². The number of rotatable bonds is 6. The summed E-state index contributed by atoms with van der Waals surface area (Å²) in [5.74, 6) is -0.642. The maximum atomic E-state index is 13.5. The van der Waals surface area contributed by atoms with Crippen molar-refractivity contribution in [1.82, 2.24) is 4.57 Å². The van der Waals surface area contributed by atoms with Crippen LogP contribution in [0.3, 0.4) is 0 Å². The van der Waals surface area contributed by atoms with Crippen LogP contribution in [0.25, 0.3) is 17.3 Å². The molecule has 0 aliphatic heterocycles. The highest BCUT2D eigenvalue weighted by Gasteiger charge is 2.26. The topological polar surface area (TPSA) is 127 Å². The number of carbonyl (C=O) groups is 2. The number of aryl methyl sites for hydroxylation is 1. The highest BCUT2D eigenvalue weighted by Crippen LogP contribution is 2.38. The number of ether oxygens (including phenoxy) is 1. The number of thiazole rings is 1. The number of thiophene rings is 1. The molecule has 5 rings (SSSR count). The average molecular weight is 557 g/mol. The molecule has 3 N–H and O–H groups in total. The molecule has 2 amide bonds. The second kappa shape index (κ2) is 11.1. The van der Waals surface area contributed by atoms with Crippen molar-refractivity contribution in [3.8, 4) is 17.5 Å². The van der Waals surface area contributed by atoms with Gasteiger partial charge in [-0.2, -0.15) is 5.26 Å². The first-order valence-electron chi connectivity index (χ1n) is 12.2. The van der Waals surface area contributed by atoms with E-state index >= 15 is 0 Å². The number of nitrogens with one attached hydrogen (secondary N) is 1. The Labute approximate surface area is 231 Å². The van der Waals surface area contributed by atoms with E-state index in [4.69, 9.17) is 10.5 Å². The number of methoxy groups -OCH3 is 1. The number of nitrogens with zero attached hydrogens (tertiary/aromatic N) is 2. The van der Waals surface area contributed by atoms with E-state index in [0.29, 0.717) is 27.4 Å². The Bertz CT molecular complexity index is 1790. The molecule has 0 fully saturated rings. The van der Waals surface area contributed by atoms with Crippen molar-refractivity contribution in [1.29, 1.82) is 5.26 Å². The maximum absolute atomic E-state index is 13.5. The number of nitriles is 1. The first-order chi connectivity index (χ1) is 18.9. The van der Waals surface area contributed by atoms with E-state index in [1.807, 2.05) is 36.4 Å². The van der Waals surface area contributed by atoms with Gasteiger partial charge in [-0.1, -0.05) is 41.7 Å². The highest BCUT2D eigenvalue weighted by molar-refractivity contribution is 7.17. The van der Waals surface area contributed by atoms with E-state index in [1.165, 1.54) is 11.3 Å². The Hall–Kier alpha value is -4.46. The Kier molecular flexibility index (Phi) is 7.45. The van der Waals surface area contributed by atoms with Gasteiger partial charge in [0.2, 0.25) is 0 Å². The van der Waals surface area contributed by atoms with Crippen molar-refractivity contribution < 1.29 is 14.3 Å². The summed E-state index contributed by atoms with van der Waals surface area (Å²) in [6.45, 7) is 0. The van der Waals surface area contributed by atoms with Gasteiger partial charge in [-0.25, -0.2) is 0 Å². The number of carbonyl (C=O) groups excluding carboxylic acids is 2. The summed E-state index contributed by atoms with van der Waals surface area (Å²) in [5, 5.41) is 13.5. The standard InChI is InChI=1S/C29H24N4O4S2/c1-37-19-13-11-17(12-14-19)15-22-29(36)39-28(33(22)18-7-3-2-4-8-18)21(16-30)26(35)32-27-24(25(31)34)20-9-5-6-10-23(20)38-27/h2-4,7-8,11-15H,5-6,9-10H2,1H3,(H2,31,34)(H,32,35)/b22-15-,28-21+. The van der Waals surface area contributed by atoms with Gasteiger partial charge in [0.15, 0.2) is 5.57 Å². The molecule has 1 aliphatic carbocycles. The first-order valence-corrected chi connectivity index (χ1v) is 13.9. The molecular formula is C29H24N4O4S2. The summed E-state index contributed by atoms with van der Waals surface area (Å²) >= 11 is 2.13. The quantitative estimate of drug-likeness (QED) is 0.377. The molecule has 0 radical (unpaired) electrons. The Balaban J connectivity index is 1.69. The third-order valence-corrected chi connectivity index (χ3v) is 8.66. The van der Waals surface area contributed by atoms with E-state index in [1.54, 1.807) is 42.0 Å². The molecule has 4 aromatic rings. The fourth-order valence-corrected chi connectivity index (χ4v) is 6.90. The Morgan fingerprint density at radius 1 is 1.08 bits per heavy atom. The van der Waals surface area contributed by atoms with E-state index in [-0.39, 0.29) is 15.0 Å². The molecule has 196 valence electrons. The van der Waals surface area contributed by atoms with Gasteiger partial charge in [0.1, 0.15) is 26.8 Å². The number of para-hydroxylation sites is 1. The largest absolute Gasteiger partial charge is 0.497 e. The van der Waals surface area contributed by atoms with Gasteiger partial charge in [0.25, 0.3) is 16.6 Å². The molecule has 2 aromatic carbocycles. The lowest BCUT2D eigenvalue weighted by atomic mass is 9.95. The fraction of sp³-hybridized carbons (Fsp3) is 0.172. The lowest BCUT2D eigenvalue weighted by Crippen LogP contribution is -2.33. The van der Waals surface area contributed by atoms with Crippen molar-refractivity contribution in [2.45, 2.75) is 25.7 Å². The number of fused-ring (bicyclic) bond motifs is 1. The Morgan fingerprint density at radius 2 is 1.79 bits per heavy atom. The number of hydrogen-bond donors (Lipinski definition) is 2. The molecule has 1 aliphatic rings. The lowest BCUT2D eigenvalue weighted by molar-refractivity contribution is -0.111. The second-order valence-electron chi connectivity index (χ2n) is 8.89. The Morgan fingerprint density at radius 3 is 2.46 bits per heavy atom. The van der Waals surface area contributed by atoms with Crippen LogP contribution in [0.2, 0.25) is 0 Å². The van der Waals surface area contributed by atoms with Gasteiger partial charge in [-0.05, 0) is 67.2 Å². The monoisotopic (exact) mass is 556 g/mol. The van der Waals surface area contributed by atoms with Gasteiger partial charge in [-0.15, -0.1) is 11.3 Å². The van der Waals surface area contributed by atoms with Crippen LogP contribution in [-0.2, 0) is 17.6 Å². The van der Waals surface area contributed by atoms with Crippen LogP contribution in [0.5, 0.6) is 5.75 Å². The molecule has 0 saturated carbocycles. The molecular weight excluding hydrogens is 532 g/mol. The number of nitrogens with two attached hydrogens (primary N) is 1. The summed E-state index contributed by atoms with van der Waals surface area (Å²) in [7, 11) is 1.57. The van der Waals surface area contributed by atoms with E-state index < -0.39 is 11.8 Å². The van der Waals surface area contributed by atoms with Crippen LogP contribution in [-0.4, -0.2) is 23.5 Å². The molecule has 0 atom stereocenters. The lowest BCUT2D eigenvalue weighted by Gasteiger charge is -2.11. The van der Waals surface area contributed by atoms with Crippen LogP contribution < -0.4 is 30.5 Å². The third kappa shape index (κ3) is 5.14. The first kappa shape index (κ1) is 26.2. The van der Waals surface area contributed by atoms with Crippen LogP contribution in [0.4, 0.5) is 5.00 Å². The molecule has 0 spiro atoms. The molecule has 2 heterocycles. The van der Waals surface area contributed by atoms with Crippen LogP contribution in [0, 0.1) is 11.3 Å². The summed E-state index contributed by atoms with van der Waals surface area (Å²) in [5.41, 5.74) is 8.00. The molecule has 2 aromatic heterocycles. The summed E-state index contributed by atoms with van der Waals surface area (Å²) in [6, 6.07) is 18.3. The van der Waals surface area contributed by atoms with Crippen LogP contribution in [0.15, 0.2) is 59.4 Å². The maximum Gasteiger partial charge on any atom is 0.269 e. The zero-order valence-corrected chi connectivity index (χ0v) is 22.7. The minimum atomic E-state index is -0.708. The summed E-state index contributed by atoms with van der Waals surface area (Å²) < 4.78 is 6.71. The number of anilines is 1. The number of hydrogen-bond acceptors (Lipinski definition) is 7. The smallest absolute Gasteiger partial charge is 0.269 e. The average Bonchev–Trinajstić information content (AvgIpc) is 3.47. The van der Waals surface area contributed by atoms with E-state index in [9.17, 15) is 19.6 Å². The number of primary amides is 1. The van der Waals surface area contributed by atoms with Gasteiger partial charge < -0.3 is 15.8 Å². The predicted octanol–water partition coefficient (Wildman–Crippen LogP) is 3.09. The van der Waals surface area contributed by atoms with Crippen LogP contribution >= 0.6 is 22.7 Å². The molecule has 0 bridgehead atoms. The summed E-state index contributed by atoms with van der Waals surface area (Å²) in [4.78, 5) is 40.1. The van der Waals surface area contributed by atoms with Gasteiger partial charge in [0.05, 0.1) is 12.7 Å². The third-order valence-electron chi connectivity index (χ3n) is 6.47. The summed E-state index contributed by atoms with van der Waals surface area (Å²) in [6.07, 6.45) is 5.19. The van der Waals surface area contributed by atoms with Gasteiger partial charge in [0, 0.05) is 10.6 Å².